The van der Waals surface area contributed by atoms with Crippen molar-refractivity contribution in [1.82, 2.24) is 5.32 Å². The first-order valence-corrected chi connectivity index (χ1v) is 12.6. The molecular formula is C30H34ClN3O2. The minimum atomic E-state index is -0.456. The lowest BCUT2D eigenvalue weighted by molar-refractivity contribution is 0.0999. The molecule has 1 heterocycles. The Morgan fingerprint density at radius 1 is 0.944 bits per heavy atom. The van der Waals surface area contributed by atoms with Crippen LogP contribution in [-0.4, -0.2) is 37.9 Å². The number of hydrogen-bond acceptors (Lipinski definition) is 4. The normalized spacial score (nSPS) is 14.3. The van der Waals surface area contributed by atoms with E-state index in [1.54, 1.807) is 0 Å². The summed E-state index contributed by atoms with van der Waals surface area (Å²) in [6.07, 6.45) is 2.67. The van der Waals surface area contributed by atoms with Gasteiger partial charge in [-0.2, -0.15) is 0 Å². The highest BCUT2D eigenvalue weighted by Gasteiger charge is 2.38. The van der Waals surface area contributed by atoms with Crippen molar-refractivity contribution >= 4 is 29.8 Å². The van der Waals surface area contributed by atoms with Gasteiger partial charge in [0, 0.05) is 37.3 Å². The quantitative estimate of drug-likeness (QED) is 0.366. The maximum absolute atomic E-state index is 14.0. The molecule has 0 saturated carbocycles. The molecule has 1 amide bonds. The molecule has 0 radical (unpaired) electrons. The Labute approximate surface area is 219 Å². The summed E-state index contributed by atoms with van der Waals surface area (Å²) in [4.78, 5) is 29.4. The third kappa shape index (κ3) is 4.10. The number of nitrogens with one attached hydrogen (secondary N) is 1. The van der Waals surface area contributed by atoms with Crippen molar-refractivity contribution in [2.45, 2.75) is 40.0 Å². The first-order chi connectivity index (χ1) is 17.0. The number of carbonyl (C=O) groups excluding carboxylic acids is 2. The Hall–Kier alpha value is -3.15. The Morgan fingerprint density at radius 3 is 2.28 bits per heavy atom. The highest BCUT2D eigenvalue weighted by atomic mass is 35.5. The monoisotopic (exact) mass is 503 g/mol. The number of benzene rings is 3. The highest BCUT2D eigenvalue weighted by molar-refractivity contribution is 6.29. The SMILES string of the molecule is CCCCc1c(C(N)=O)c(N2CCNCC2)c2c(c1-c1cccc(C)c1C)-c1ccccc1C2=O.Cl. The van der Waals surface area contributed by atoms with Gasteiger partial charge in [0.15, 0.2) is 5.78 Å². The van der Waals surface area contributed by atoms with Crippen LogP contribution in [-0.2, 0) is 6.42 Å². The van der Waals surface area contributed by atoms with Crippen LogP contribution in [0.1, 0.15) is 62.7 Å². The predicted molar refractivity (Wildman–Crippen MR) is 150 cm³/mol. The van der Waals surface area contributed by atoms with Crippen molar-refractivity contribution in [2.24, 2.45) is 5.73 Å². The number of aryl methyl sites for hydroxylation is 1. The van der Waals surface area contributed by atoms with Crippen molar-refractivity contribution in [3.63, 3.8) is 0 Å². The molecule has 3 aromatic rings. The number of rotatable bonds is 6. The van der Waals surface area contributed by atoms with Gasteiger partial charge in [-0.3, -0.25) is 9.59 Å². The molecular weight excluding hydrogens is 470 g/mol. The van der Waals surface area contributed by atoms with Crippen molar-refractivity contribution in [2.75, 3.05) is 31.1 Å². The summed E-state index contributed by atoms with van der Waals surface area (Å²) in [6.45, 7) is 9.45. The molecule has 0 spiro atoms. The molecule has 1 saturated heterocycles. The fourth-order valence-corrected chi connectivity index (χ4v) is 5.70. The van der Waals surface area contributed by atoms with E-state index in [2.05, 4.69) is 49.2 Å². The molecule has 0 unspecified atom stereocenters. The third-order valence-corrected chi connectivity index (χ3v) is 7.58. The average molecular weight is 504 g/mol. The second-order valence-corrected chi connectivity index (χ2v) is 9.65. The summed E-state index contributed by atoms with van der Waals surface area (Å²) in [6, 6.07) is 14.1. The van der Waals surface area contributed by atoms with E-state index in [0.29, 0.717) is 16.7 Å². The second kappa shape index (κ2) is 10.5. The number of primary amides is 1. The van der Waals surface area contributed by atoms with Gasteiger partial charge < -0.3 is 16.0 Å². The Balaban J connectivity index is 0.00000304. The number of piperazine rings is 1. The van der Waals surface area contributed by atoms with Gasteiger partial charge in [-0.05, 0) is 60.1 Å². The number of fused-ring (bicyclic) bond motifs is 3. The van der Waals surface area contributed by atoms with Gasteiger partial charge in [0.2, 0.25) is 0 Å². The summed E-state index contributed by atoms with van der Waals surface area (Å²) in [5.41, 5.74) is 16.1. The number of nitrogens with two attached hydrogens (primary N) is 1. The van der Waals surface area contributed by atoms with Gasteiger partial charge in [-0.25, -0.2) is 0 Å². The zero-order chi connectivity index (χ0) is 24.7. The van der Waals surface area contributed by atoms with Gasteiger partial charge >= 0.3 is 0 Å². The number of amides is 1. The van der Waals surface area contributed by atoms with E-state index in [1.165, 1.54) is 5.56 Å². The zero-order valence-electron chi connectivity index (χ0n) is 21.2. The van der Waals surface area contributed by atoms with Crippen molar-refractivity contribution in [3.8, 4) is 22.3 Å². The van der Waals surface area contributed by atoms with Gasteiger partial charge in [0.25, 0.3) is 5.91 Å². The average Bonchev–Trinajstić information content (AvgIpc) is 3.16. The molecule has 36 heavy (non-hydrogen) atoms. The van der Waals surface area contributed by atoms with Gasteiger partial charge in [0.05, 0.1) is 16.8 Å². The van der Waals surface area contributed by atoms with Crippen LogP contribution < -0.4 is 16.0 Å². The van der Waals surface area contributed by atoms with E-state index in [9.17, 15) is 9.59 Å². The summed E-state index contributed by atoms with van der Waals surface area (Å²) >= 11 is 0. The number of hydrogen-bond donors (Lipinski definition) is 2. The van der Waals surface area contributed by atoms with Crippen LogP contribution in [0.15, 0.2) is 42.5 Å². The molecule has 2 aliphatic rings. The maximum atomic E-state index is 14.0. The van der Waals surface area contributed by atoms with Gasteiger partial charge in [0.1, 0.15) is 0 Å². The smallest absolute Gasteiger partial charge is 0.251 e. The fourth-order valence-electron chi connectivity index (χ4n) is 5.70. The Kier molecular flexibility index (Phi) is 7.53. The minimum Gasteiger partial charge on any atom is -0.368 e. The number of nitrogens with zero attached hydrogens (tertiary/aromatic N) is 1. The van der Waals surface area contributed by atoms with Crippen molar-refractivity contribution < 1.29 is 9.59 Å². The Bertz CT molecular complexity index is 1340. The lowest BCUT2D eigenvalue weighted by Crippen LogP contribution is -2.45. The molecule has 1 aliphatic carbocycles. The molecule has 5 rings (SSSR count). The number of anilines is 1. The van der Waals surface area contributed by atoms with Gasteiger partial charge in [-0.1, -0.05) is 55.8 Å². The van der Waals surface area contributed by atoms with Crippen LogP contribution >= 0.6 is 12.4 Å². The first kappa shape index (κ1) is 25.9. The highest BCUT2D eigenvalue weighted by Crippen LogP contribution is 2.51. The summed E-state index contributed by atoms with van der Waals surface area (Å²) < 4.78 is 0. The molecule has 188 valence electrons. The van der Waals surface area contributed by atoms with E-state index >= 15 is 0 Å². The largest absolute Gasteiger partial charge is 0.368 e. The van der Waals surface area contributed by atoms with E-state index in [4.69, 9.17) is 5.73 Å². The number of carbonyl (C=O) groups is 2. The molecule has 1 fully saturated rings. The summed E-state index contributed by atoms with van der Waals surface area (Å²) in [7, 11) is 0. The third-order valence-electron chi connectivity index (χ3n) is 7.58. The van der Waals surface area contributed by atoms with Crippen molar-refractivity contribution in [1.29, 1.82) is 0 Å². The van der Waals surface area contributed by atoms with Crippen LogP contribution in [0.5, 0.6) is 0 Å². The predicted octanol–water partition coefficient (Wildman–Crippen LogP) is 5.45. The minimum absolute atomic E-state index is 0. The van der Waals surface area contributed by atoms with E-state index in [-0.39, 0.29) is 18.2 Å². The lowest BCUT2D eigenvalue weighted by Gasteiger charge is -2.34. The molecule has 6 heteroatoms. The molecule has 1 aliphatic heterocycles. The molecule has 0 aromatic heterocycles. The van der Waals surface area contributed by atoms with Crippen LogP contribution in [0.4, 0.5) is 5.69 Å². The molecule has 0 bridgehead atoms. The van der Waals surface area contributed by atoms with Crippen LogP contribution in [0.25, 0.3) is 22.3 Å². The first-order valence-electron chi connectivity index (χ1n) is 12.6. The zero-order valence-corrected chi connectivity index (χ0v) is 22.1. The standard InChI is InChI=1S/C30H33N3O2.ClH/c1-4-5-10-23-24(20-13-8-9-18(2)19(20)3)25-21-11-6-7-12-22(21)29(34)27(25)28(26(23)30(31)35)33-16-14-32-15-17-33;/h6-9,11-13,32H,4-5,10,14-17H2,1-3H3,(H2,31,35);1H. The molecule has 0 atom stereocenters. The van der Waals surface area contributed by atoms with E-state index < -0.39 is 5.91 Å². The topological polar surface area (TPSA) is 75.4 Å². The molecule has 3 N–H and O–H groups in total. The van der Waals surface area contributed by atoms with Crippen LogP contribution in [0.3, 0.4) is 0 Å². The molecule has 3 aromatic carbocycles. The fraction of sp³-hybridized carbons (Fsp3) is 0.333. The lowest BCUT2D eigenvalue weighted by atomic mass is 9.81. The van der Waals surface area contributed by atoms with E-state index in [0.717, 1.165) is 84.5 Å². The number of ketones is 1. The summed E-state index contributed by atoms with van der Waals surface area (Å²) in [5, 5.41) is 3.39. The van der Waals surface area contributed by atoms with Crippen molar-refractivity contribution in [3.05, 3.63) is 75.8 Å². The summed E-state index contributed by atoms with van der Waals surface area (Å²) in [5.74, 6) is -0.469. The number of halogens is 1. The Morgan fingerprint density at radius 2 is 1.61 bits per heavy atom. The molecule has 5 nitrogen and oxygen atoms in total. The second-order valence-electron chi connectivity index (χ2n) is 9.65. The maximum Gasteiger partial charge on any atom is 0.251 e. The number of unbranched alkanes of at least 4 members (excludes halogenated alkanes) is 1. The van der Waals surface area contributed by atoms with E-state index in [1.807, 2.05) is 24.3 Å². The van der Waals surface area contributed by atoms with Crippen LogP contribution in [0, 0.1) is 13.8 Å². The van der Waals surface area contributed by atoms with Gasteiger partial charge in [-0.15, -0.1) is 12.4 Å². The van der Waals surface area contributed by atoms with Crippen LogP contribution in [0.2, 0.25) is 0 Å².